The summed E-state index contributed by atoms with van der Waals surface area (Å²) in [5, 5.41) is 0. The summed E-state index contributed by atoms with van der Waals surface area (Å²) in [7, 11) is 0. The monoisotopic (exact) mass is 733 g/mol. The summed E-state index contributed by atoms with van der Waals surface area (Å²) in [4.78, 5) is 7.53. The summed E-state index contributed by atoms with van der Waals surface area (Å²) in [6.45, 7) is 4.94. The molecule has 3 heteroatoms. The molecule has 2 heterocycles. The van der Waals surface area contributed by atoms with Crippen LogP contribution >= 0.6 is 0 Å². The van der Waals surface area contributed by atoms with Crippen molar-refractivity contribution in [2.24, 2.45) is 17.3 Å². The first-order valence-corrected chi connectivity index (χ1v) is 20.2. The molecule has 0 N–H and O–H groups in total. The van der Waals surface area contributed by atoms with E-state index < -0.39 is 0 Å². The minimum Gasteiger partial charge on any atom is -0.313 e. The Labute approximate surface area is 335 Å². The van der Waals surface area contributed by atoms with Crippen LogP contribution < -0.4 is 14.7 Å². The summed E-state index contributed by atoms with van der Waals surface area (Å²) in [6.07, 6.45) is 9.48. The van der Waals surface area contributed by atoms with Gasteiger partial charge in [0.1, 0.15) is 0 Å². The molecule has 4 aliphatic rings. The number of hydrogen-bond acceptors (Lipinski definition) is 3. The molecule has 7 aromatic carbocycles. The van der Waals surface area contributed by atoms with E-state index in [0.29, 0.717) is 5.92 Å². The molecule has 0 saturated carbocycles. The lowest BCUT2D eigenvalue weighted by molar-refractivity contribution is 0.312. The van der Waals surface area contributed by atoms with Crippen molar-refractivity contribution in [2.75, 3.05) is 14.7 Å². The lowest BCUT2D eigenvalue weighted by Crippen LogP contribution is -2.35. The molecular weight excluding hydrogens is 691 g/mol. The SMILES string of the molecule is CC1(C)C2=C(C3c4ccc(N(c5ccccc5)c5ccccc5)cc4N(c4ccccc4)c4cccc(c43)N2c2cccc(-c3ccccc3)c2)C2C=CC=CC21. The zero-order valence-corrected chi connectivity index (χ0v) is 32.2. The second kappa shape index (κ2) is 13.1. The van der Waals surface area contributed by atoms with E-state index in [4.69, 9.17) is 0 Å². The first-order valence-electron chi connectivity index (χ1n) is 20.2. The van der Waals surface area contributed by atoms with E-state index in [9.17, 15) is 0 Å². The fourth-order valence-electron chi connectivity index (χ4n) is 10.3. The van der Waals surface area contributed by atoms with Crippen molar-refractivity contribution in [1.29, 1.82) is 0 Å². The van der Waals surface area contributed by atoms with Crippen LogP contribution in [0.2, 0.25) is 0 Å². The Morgan fingerprint density at radius 3 is 1.75 bits per heavy atom. The molecule has 11 rings (SSSR count). The molecule has 0 fully saturated rings. The Morgan fingerprint density at radius 1 is 0.474 bits per heavy atom. The van der Waals surface area contributed by atoms with Crippen molar-refractivity contribution in [3.05, 3.63) is 229 Å². The molecule has 7 aromatic rings. The molecule has 2 aliphatic heterocycles. The van der Waals surface area contributed by atoms with Crippen molar-refractivity contribution in [3.8, 4) is 11.1 Å². The maximum absolute atomic E-state index is 2.63. The first-order chi connectivity index (χ1) is 28.1. The van der Waals surface area contributed by atoms with Gasteiger partial charge in [0, 0.05) is 56.9 Å². The van der Waals surface area contributed by atoms with Crippen LogP contribution in [0.25, 0.3) is 11.1 Å². The van der Waals surface area contributed by atoms with Crippen LogP contribution in [0.1, 0.15) is 30.9 Å². The van der Waals surface area contributed by atoms with Gasteiger partial charge in [-0.15, -0.1) is 0 Å². The van der Waals surface area contributed by atoms with Crippen LogP contribution in [0.15, 0.2) is 218 Å². The van der Waals surface area contributed by atoms with E-state index in [1.54, 1.807) is 0 Å². The molecule has 0 amide bonds. The van der Waals surface area contributed by atoms with Gasteiger partial charge in [0.05, 0.1) is 17.1 Å². The second-order valence-corrected chi connectivity index (χ2v) is 16.2. The van der Waals surface area contributed by atoms with E-state index in [2.05, 4.69) is 235 Å². The average molecular weight is 734 g/mol. The molecule has 0 saturated heterocycles. The van der Waals surface area contributed by atoms with Gasteiger partial charge < -0.3 is 14.7 Å². The number of fused-ring (bicyclic) bond motifs is 5. The number of hydrogen-bond donors (Lipinski definition) is 0. The third-order valence-electron chi connectivity index (χ3n) is 12.7. The number of allylic oxidation sites excluding steroid dienone is 6. The molecule has 274 valence electrons. The molecule has 3 atom stereocenters. The zero-order valence-electron chi connectivity index (χ0n) is 32.2. The molecule has 2 aliphatic carbocycles. The quantitative estimate of drug-likeness (QED) is 0.168. The highest BCUT2D eigenvalue weighted by Gasteiger charge is 2.55. The Balaban J connectivity index is 1.19. The smallest absolute Gasteiger partial charge is 0.0524 e. The van der Waals surface area contributed by atoms with E-state index >= 15 is 0 Å². The van der Waals surface area contributed by atoms with Crippen molar-refractivity contribution in [2.45, 2.75) is 19.8 Å². The minimum absolute atomic E-state index is 0.0797. The highest BCUT2D eigenvalue weighted by atomic mass is 15.2. The molecular formula is C54H43N3. The number of para-hydroxylation sites is 3. The van der Waals surface area contributed by atoms with E-state index in [0.717, 1.165) is 22.7 Å². The Kier molecular flexibility index (Phi) is 7.72. The molecule has 0 aromatic heterocycles. The average Bonchev–Trinajstić information content (AvgIpc) is 3.51. The largest absolute Gasteiger partial charge is 0.313 e. The molecule has 0 radical (unpaired) electrons. The van der Waals surface area contributed by atoms with Crippen molar-refractivity contribution in [3.63, 3.8) is 0 Å². The number of nitrogens with zero attached hydrogens (tertiary/aromatic N) is 3. The minimum atomic E-state index is -0.133. The van der Waals surface area contributed by atoms with Gasteiger partial charge in [0.15, 0.2) is 0 Å². The molecule has 3 unspecified atom stereocenters. The predicted octanol–water partition coefficient (Wildman–Crippen LogP) is 14.5. The third-order valence-corrected chi connectivity index (χ3v) is 12.7. The Bertz CT molecular complexity index is 2690. The number of benzene rings is 7. The van der Waals surface area contributed by atoms with Gasteiger partial charge >= 0.3 is 0 Å². The zero-order chi connectivity index (χ0) is 38.1. The molecule has 0 bridgehead atoms. The topological polar surface area (TPSA) is 9.72 Å². The number of anilines is 8. The van der Waals surface area contributed by atoms with Gasteiger partial charge in [-0.3, -0.25) is 0 Å². The van der Waals surface area contributed by atoms with Gasteiger partial charge in [-0.1, -0.05) is 147 Å². The van der Waals surface area contributed by atoms with Crippen LogP contribution in [0.3, 0.4) is 0 Å². The lowest BCUT2D eigenvalue weighted by atomic mass is 9.71. The molecule has 57 heavy (non-hydrogen) atoms. The molecule has 0 spiro atoms. The van der Waals surface area contributed by atoms with Crippen LogP contribution in [0.4, 0.5) is 45.5 Å². The predicted molar refractivity (Wildman–Crippen MR) is 238 cm³/mol. The highest BCUT2D eigenvalue weighted by Crippen LogP contribution is 2.67. The van der Waals surface area contributed by atoms with Gasteiger partial charge in [0.25, 0.3) is 0 Å². The third kappa shape index (κ3) is 5.19. The maximum atomic E-state index is 2.63. The van der Waals surface area contributed by atoms with Gasteiger partial charge in [-0.05, 0) is 101 Å². The van der Waals surface area contributed by atoms with Gasteiger partial charge in [-0.25, -0.2) is 0 Å². The lowest BCUT2D eigenvalue weighted by Gasteiger charge is -2.47. The van der Waals surface area contributed by atoms with E-state index in [1.807, 2.05) is 0 Å². The maximum Gasteiger partial charge on any atom is 0.0524 e. The molecule has 3 nitrogen and oxygen atoms in total. The van der Waals surface area contributed by atoms with E-state index in [-0.39, 0.29) is 17.3 Å². The normalized spacial score (nSPS) is 19.4. The van der Waals surface area contributed by atoms with Crippen molar-refractivity contribution in [1.82, 2.24) is 0 Å². The van der Waals surface area contributed by atoms with Gasteiger partial charge in [-0.2, -0.15) is 0 Å². The van der Waals surface area contributed by atoms with Crippen LogP contribution in [-0.2, 0) is 0 Å². The fraction of sp³-hybridized carbons (Fsp3) is 0.111. The summed E-state index contributed by atoms with van der Waals surface area (Å²) >= 11 is 0. The van der Waals surface area contributed by atoms with Crippen LogP contribution in [-0.4, -0.2) is 0 Å². The van der Waals surface area contributed by atoms with Gasteiger partial charge in [0.2, 0.25) is 0 Å². The Morgan fingerprint density at radius 2 is 1.05 bits per heavy atom. The van der Waals surface area contributed by atoms with E-state index in [1.165, 1.54) is 56.3 Å². The van der Waals surface area contributed by atoms with Crippen molar-refractivity contribution >= 4 is 45.5 Å². The summed E-state index contributed by atoms with van der Waals surface area (Å²) in [6, 6.07) is 66.5. The fourth-order valence-corrected chi connectivity index (χ4v) is 10.3. The van der Waals surface area contributed by atoms with Crippen LogP contribution in [0, 0.1) is 17.3 Å². The standard InChI is InChI=1S/C54H43N3/c1-54(2)46-30-16-15-29-44(46)51-50-45-34-33-43(55(39-22-9-4-10-23-39)40-24-11-5-12-25-40)36-49(45)56(41-26-13-6-14-27-41)47-31-18-32-48(52(47)50)57(53(51)54)42-28-17-21-38(35-42)37-19-7-3-8-20-37/h3-36,44,46,50H,1-2H3. The van der Waals surface area contributed by atoms with Crippen molar-refractivity contribution < 1.29 is 0 Å². The summed E-state index contributed by atoms with van der Waals surface area (Å²) < 4.78 is 0. The first kappa shape index (κ1) is 33.5. The Hall–Kier alpha value is -6.84. The van der Waals surface area contributed by atoms with Crippen LogP contribution in [0.5, 0.6) is 0 Å². The highest BCUT2D eigenvalue weighted by molar-refractivity contribution is 5.95. The summed E-state index contributed by atoms with van der Waals surface area (Å²) in [5.41, 5.74) is 17.4. The second-order valence-electron chi connectivity index (χ2n) is 16.2. The summed E-state index contributed by atoms with van der Waals surface area (Å²) in [5.74, 6) is 0.689. The number of rotatable bonds is 6.